The first kappa shape index (κ1) is 25.9. The Morgan fingerprint density at radius 1 is 0.714 bits per heavy atom. The lowest BCUT2D eigenvalue weighted by atomic mass is 9.99. The number of ether oxygens (including phenoxy) is 4. The molecular weight excluding hydrogens is 460 g/mol. The van der Waals surface area contributed by atoms with E-state index in [9.17, 15) is 5.11 Å². The van der Waals surface area contributed by atoms with Gasteiger partial charge in [0.15, 0.2) is 0 Å². The molecule has 1 aliphatic rings. The average molecular weight is 495 g/mol. The van der Waals surface area contributed by atoms with Gasteiger partial charge < -0.3 is 24.1 Å². The molecule has 3 aromatic carbocycles. The maximum atomic E-state index is 11.2. The number of rotatable bonds is 12. The van der Waals surface area contributed by atoms with Crippen LogP contribution in [0, 0.1) is 0 Å². The molecule has 35 heavy (non-hydrogen) atoms. The van der Waals surface area contributed by atoms with Crippen molar-refractivity contribution in [2.75, 3.05) is 12.4 Å². The van der Waals surface area contributed by atoms with Crippen molar-refractivity contribution in [3.05, 3.63) is 108 Å². The van der Waals surface area contributed by atoms with E-state index in [-0.39, 0.29) is 6.10 Å². The van der Waals surface area contributed by atoms with Gasteiger partial charge in [0.1, 0.15) is 29.9 Å². The summed E-state index contributed by atoms with van der Waals surface area (Å²) in [5.41, 5.74) is 2.78. The summed E-state index contributed by atoms with van der Waals surface area (Å²) < 4.78 is 25.1. The highest BCUT2D eigenvalue weighted by atomic mass is 32.2. The monoisotopic (exact) mass is 494 g/mol. The van der Waals surface area contributed by atoms with Gasteiger partial charge in [-0.3, -0.25) is 0 Å². The van der Waals surface area contributed by atoms with Crippen LogP contribution in [0.25, 0.3) is 0 Å². The van der Waals surface area contributed by atoms with E-state index < -0.39 is 23.7 Å². The Labute approximate surface area is 212 Å². The van der Waals surface area contributed by atoms with Crippen molar-refractivity contribution >= 4 is 11.8 Å². The van der Waals surface area contributed by atoms with Gasteiger partial charge in [0.25, 0.3) is 0 Å². The summed E-state index contributed by atoms with van der Waals surface area (Å²) in [6, 6.07) is 30.1. The van der Waals surface area contributed by atoms with E-state index in [1.54, 1.807) is 11.8 Å². The zero-order valence-electron chi connectivity index (χ0n) is 20.1. The van der Waals surface area contributed by atoms with Gasteiger partial charge in [0, 0.05) is 0 Å². The van der Waals surface area contributed by atoms with E-state index in [4.69, 9.17) is 18.9 Å². The van der Waals surface area contributed by atoms with Gasteiger partial charge >= 0.3 is 0 Å². The summed E-state index contributed by atoms with van der Waals surface area (Å²) >= 11 is 1.57. The van der Waals surface area contributed by atoms with Crippen LogP contribution >= 0.6 is 11.8 Å². The van der Waals surface area contributed by atoms with Crippen molar-refractivity contribution in [1.82, 2.24) is 0 Å². The standard InChI is InChI=1S/C29H34O5S/c1-2-35-29-26(30)28(33-20-24-16-10-5-11-17-24)27(32-19-23-14-8-4-9-15-23)25(34-29)21-31-18-22-12-6-3-7-13-22/h3-17,25-30H,2,18-21H2,1H3/t25?,26?,27-,28-,29-/m0/s1. The van der Waals surface area contributed by atoms with Crippen LogP contribution in [0.3, 0.4) is 0 Å². The summed E-state index contributed by atoms with van der Waals surface area (Å²) in [7, 11) is 0. The largest absolute Gasteiger partial charge is 0.387 e. The zero-order chi connectivity index (χ0) is 24.3. The Morgan fingerprint density at radius 3 is 1.71 bits per heavy atom. The predicted octanol–water partition coefficient (Wildman–Crippen LogP) is 5.21. The van der Waals surface area contributed by atoms with Crippen molar-refractivity contribution in [3.8, 4) is 0 Å². The van der Waals surface area contributed by atoms with Crippen LogP contribution < -0.4 is 0 Å². The summed E-state index contributed by atoms with van der Waals surface area (Å²) in [4.78, 5) is 0. The summed E-state index contributed by atoms with van der Waals surface area (Å²) in [5, 5.41) is 11.2. The van der Waals surface area contributed by atoms with Crippen LogP contribution in [-0.4, -0.2) is 47.3 Å². The molecule has 186 valence electrons. The van der Waals surface area contributed by atoms with Gasteiger partial charge in [-0.1, -0.05) is 97.9 Å². The maximum absolute atomic E-state index is 11.2. The van der Waals surface area contributed by atoms with Gasteiger partial charge in [0.2, 0.25) is 0 Å². The van der Waals surface area contributed by atoms with Gasteiger partial charge in [-0.05, 0) is 22.4 Å². The molecule has 0 amide bonds. The lowest BCUT2D eigenvalue weighted by Crippen LogP contribution is -2.59. The number of benzene rings is 3. The van der Waals surface area contributed by atoms with Gasteiger partial charge in [-0.2, -0.15) is 0 Å². The minimum Gasteiger partial charge on any atom is -0.387 e. The molecule has 1 saturated heterocycles. The van der Waals surface area contributed by atoms with Crippen LogP contribution in [-0.2, 0) is 38.8 Å². The van der Waals surface area contributed by atoms with E-state index in [1.165, 1.54) is 0 Å². The van der Waals surface area contributed by atoms with E-state index in [2.05, 4.69) is 6.92 Å². The fourth-order valence-corrected chi connectivity index (χ4v) is 5.03. The summed E-state index contributed by atoms with van der Waals surface area (Å²) in [6.07, 6.45) is -2.24. The van der Waals surface area contributed by atoms with Gasteiger partial charge in [-0.25, -0.2) is 0 Å². The molecule has 0 saturated carbocycles. The third-order valence-corrected chi connectivity index (χ3v) is 6.96. The molecule has 1 fully saturated rings. The molecule has 0 aliphatic carbocycles. The average Bonchev–Trinajstić information content (AvgIpc) is 2.90. The Morgan fingerprint density at radius 2 is 1.20 bits per heavy atom. The normalized spacial score (nSPS) is 24.3. The third kappa shape index (κ3) is 7.64. The van der Waals surface area contributed by atoms with Gasteiger partial charge in [0.05, 0.1) is 26.4 Å². The van der Waals surface area contributed by atoms with Gasteiger partial charge in [-0.15, -0.1) is 11.8 Å². The van der Waals surface area contributed by atoms with E-state index in [1.807, 2.05) is 91.0 Å². The minimum atomic E-state index is -0.824. The van der Waals surface area contributed by atoms with Crippen LogP contribution in [0.5, 0.6) is 0 Å². The van der Waals surface area contributed by atoms with E-state index in [0.717, 1.165) is 22.4 Å². The molecule has 2 unspecified atom stereocenters. The number of aliphatic hydroxyl groups is 1. The predicted molar refractivity (Wildman–Crippen MR) is 139 cm³/mol. The lowest BCUT2D eigenvalue weighted by Gasteiger charge is -2.44. The van der Waals surface area contributed by atoms with E-state index in [0.29, 0.717) is 26.4 Å². The van der Waals surface area contributed by atoms with Crippen molar-refractivity contribution < 1.29 is 24.1 Å². The SMILES string of the molecule is CCS[C@@H]1OC(COCc2ccccc2)[C@H](OCc2ccccc2)[C@@H](OCc2ccccc2)C1O. The van der Waals surface area contributed by atoms with Crippen LogP contribution in [0.1, 0.15) is 23.6 Å². The molecule has 0 aromatic heterocycles. The fourth-order valence-electron chi connectivity index (χ4n) is 4.12. The molecule has 1 heterocycles. The lowest BCUT2D eigenvalue weighted by molar-refractivity contribution is -0.243. The molecule has 0 radical (unpaired) electrons. The molecule has 0 bridgehead atoms. The van der Waals surface area contributed by atoms with Crippen LogP contribution in [0.2, 0.25) is 0 Å². The highest BCUT2D eigenvalue weighted by molar-refractivity contribution is 7.99. The number of hydrogen-bond acceptors (Lipinski definition) is 6. The Balaban J connectivity index is 1.50. The molecule has 1 aliphatic heterocycles. The van der Waals surface area contributed by atoms with Crippen molar-refractivity contribution in [3.63, 3.8) is 0 Å². The molecule has 0 spiro atoms. The first-order chi connectivity index (χ1) is 17.2. The second-order valence-corrected chi connectivity index (χ2v) is 9.89. The number of hydrogen-bond donors (Lipinski definition) is 1. The Kier molecular flexibility index (Phi) is 10.2. The van der Waals surface area contributed by atoms with Crippen molar-refractivity contribution in [2.24, 2.45) is 0 Å². The summed E-state index contributed by atoms with van der Waals surface area (Å²) in [5.74, 6) is 0.820. The molecule has 3 aromatic rings. The Bertz CT molecular complexity index is 972. The molecule has 5 nitrogen and oxygen atoms in total. The molecule has 1 N–H and O–H groups in total. The summed E-state index contributed by atoms with van der Waals surface area (Å²) in [6.45, 7) is 3.66. The zero-order valence-corrected chi connectivity index (χ0v) is 20.9. The first-order valence-corrected chi connectivity index (χ1v) is 13.2. The smallest absolute Gasteiger partial charge is 0.132 e. The minimum absolute atomic E-state index is 0.340. The third-order valence-electron chi connectivity index (χ3n) is 5.91. The molecular formula is C29H34O5S. The van der Waals surface area contributed by atoms with Crippen molar-refractivity contribution in [2.45, 2.75) is 56.6 Å². The van der Waals surface area contributed by atoms with Crippen LogP contribution in [0.15, 0.2) is 91.0 Å². The highest BCUT2D eigenvalue weighted by Gasteiger charge is 2.47. The molecule has 4 rings (SSSR count). The first-order valence-electron chi connectivity index (χ1n) is 12.1. The highest BCUT2D eigenvalue weighted by Crippen LogP contribution is 2.33. The molecule has 5 atom stereocenters. The Hall–Kier alpha value is -2.19. The molecule has 6 heteroatoms. The van der Waals surface area contributed by atoms with Crippen molar-refractivity contribution in [1.29, 1.82) is 0 Å². The van der Waals surface area contributed by atoms with E-state index >= 15 is 0 Å². The van der Waals surface area contributed by atoms with Crippen LogP contribution in [0.4, 0.5) is 0 Å². The number of thioether (sulfide) groups is 1. The second-order valence-electron chi connectivity index (χ2n) is 8.51. The quantitative estimate of drug-likeness (QED) is 0.373. The maximum Gasteiger partial charge on any atom is 0.132 e. The second kappa shape index (κ2) is 13.8. The fraction of sp³-hybridized carbons (Fsp3) is 0.379. The topological polar surface area (TPSA) is 57.2 Å². The number of aliphatic hydroxyl groups excluding tert-OH is 1.